The lowest BCUT2D eigenvalue weighted by molar-refractivity contribution is -0.120. The van der Waals surface area contributed by atoms with Gasteiger partial charge in [0.1, 0.15) is 11.3 Å². The van der Waals surface area contributed by atoms with Gasteiger partial charge in [-0.15, -0.1) is 11.3 Å². The fourth-order valence-corrected chi connectivity index (χ4v) is 6.28. The molecule has 3 aromatic carbocycles. The van der Waals surface area contributed by atoms with Gasteiger partial charge in [-0.25, -0.2) is 4.98 Å². The van der Waals surface area contributed by atoms with Crippen LogP contribution in [0.5, 0.6) is 0 Å². The molecule has 0 saturated carbocycles. The summed E-state index contributed by atoms with van der Waals surface area (Å²) in [4.78, 5) is 34.5. The maximum atomic E-state index is 13.6. The number of nitrogens with zero attached hydrogens (tertiary/aromatic N) is 3. The summed E-state index contributed by atoms with van der Waals surface area (Å²) in [5.74, 6) is -0.635. The van der Waals surface area contributed by atoms with Gasteiger partial charge in [-0.3, -0.25) is 19.4 Å². The van der Waals surface area contributed by atoms with E-state index >= 15 is 0 Å². The topological polar surface area (TPSA) is 66.7 Å². The standard InChI is InChI=1S/C28H17N3O3S3/c32-25-21(17-20-15-16-24(34-20)37-27-29-22-13-7-8-14-23(22)36-27)26(33)31(19-11-5-2-6-12-19)28(35)30(25)18-9-3-1-4-10-18/h1-17H. The SMILES string of the molecule is O=C1C(=Cc2ccc(Sc3nc4ccccc4s3)o2)C(=O)N(c2ccccc2)C(=S)N1c1ccccc1. The average Bonchev–Trinajstić information content (AvgIpc) is 3.54. The maximum absolute atomic E-state index is 13.6. The lowest BCUT2D eigenvalue weighted by Gasteiger charge is -2.36. The van der Waals surface area contributed by atoms with Crippen LogP contribution in [0.1, 0.15) is 5.76 Å². The van der Waals surface area contributed by atoms with Gasteiger partial charge >= 0.3 is 0 Å². The van der Waals surface area contributed by atoms with Gasteiger partial charge in [0.15, 0.2) is 14.5 Å². The van der Waals surface area contributed by atoms with Gasteiger partial charge in [-0.05, 0) is 78.6 Å². The van der Waals surface area contributed by atoms with Crippen molar-refractivity contribution in [3.05, 3.63) is 108 Å². The first-order valence-corrected chi connectivity index (χ1v) is 13.3. The normalized spacial score (nSPS) is 14.1. The molecule has 1 aliphatic heterocycles. The third-order valence-corrected chi connectivity index (χ3v) is 8.01. The number of carbonyl (C=O) groups is 2. The lowest BCUT2D eigenvalue weighted by atomic mass is 10.1. The Labute approximate surface area is 225 Å². The molecule has 2 amide bonds. The molecule has 0 bridgehead atoms. The zero-order valence-electron chi connectivity index (χ0n) is 19.1. The molecule has 9 heteroatoms. The molecule has 1 aliphatic rings. The predicted molar refractivity (Wildman–Crippen MR) is 151 cm³/mol. The van der Waals surface area contributed by atoms with Crippen LogP contribution in [-0.2, 0) is 9.59 Å². The molecule has 0 atom stereocenters. The monoisotopic (exact) mass is 539 g/mol. The van der Waals surface area contributed by atoms with Crippen LogP contribution in [0.25, 0.3) is 16.3 Å². The number of benzene rings is 3. The van der Waals surface area contributed by atoms with E-state index in [1.165, 1.54) is 27.6 Å². The number of amides is 2. The number of carbonyl (C=O) groups excluding carboxylic acids is 2. The number of rotatable bonds is 5. The van der Waals surface area contributed by atoms with Crippen LogP contribution in [0.3, 0.4) is 0 Å². The number of aromatic nitrogens is 1. The van der Waals surface area contributed by atoms with Crippen molar-refractivity contribution in [3.63, 3.8) is 0 Å². The summed E-state index contributed by atoms with van der Waals surface area (Å²) in [6.45, 7) is 0. The summed E-state index contributed by atoms with van der Waals surface area (Å²) >= 11 is 8.61. The Morgan fingerprint density at radius 3 is 2.00 bits per heavy atom. The van der Waals surface area contributed by atoms with Crippen molar-refractivity contribution in [1.29, 1.82) is 0 Å². The van der Waals surface area contributed by atoms with Gasteiger partial charge in [0.05, 0.1) is 21.6 Å². The van der Waals surface area contributed by atoms with Crippen LogP contribution in [0.15, 0.2) is 116 Å². The molecule has 3 heterocycles. The molecule has 180 valence electrons. The highest BCUT2D eigenvalue weighted by atomic mass is 32.2. The number of anilines is 2. The molecule has 0 spiro atoms. The second kappa shape index (κ2) is 9.78. The summed E-state index contributed by atoms with van der Waals surface area (Å²) in [7, 11) is 0. The van der Waals surface area contributed by atoms with Crippen LogP contribution in [0.2, 0.25) is 0 Å². The molecular weight excluding hydrogens is 523 g/mol. The van der Waals surface area contributed by atoms with Crippen molar-refractivity contribution in [1.82, 2.24) is 4.98 Å². The molecule has 0 radical (unpaired) electrons. The second-order valence-electron chi connectivity index (χ2n) is 8.00. The molecule has 0 aliphatic carbocycles. The minimum atomic E-state index is -0.509. The third-order valence-electron chi connectivity index (χ3n) is 5.63. The fourth-order valence-electron chi connectivity index (χ4n) is 3.93. The number of furan rings is 1. The second-order valence-corrected chi connectivity index (χ2v) is 10.6. The molecule has 1 fully saturated rings. The van der Waals surface area contributed by atoms with Gasteiger partial charge in [0, 0.05) is 0 Å². The molecule has 6 rings (SSSR count). The van der Waals surface area contributed by atoms with E-state index < -0.39 is 11.8 Å². The van der Waals surface area contributed by atoms with E-state index in [0.717, 1.165) is 14.6 Å². The van der Waals surface area contributed by atoms with Crippen LogP contribution >= 0.6 is 35.3 Å². The van der Waals surface area contributed by atoms with Crippen molar-refractivity contribution in [2.45, 2.75) is 9.43 Å². The van der Waals surface area contributed by atoms with E-state index in [2.05, 4.69) is 4.98 Å². The van der Waals surface area contributed by atoms with Crippen molar-refractivity contribution in [3.8, 4) is 0 Å². The van der Waals surface area contributed by atoms with E-state index in [1.807, 2.05) is 60.7 Å². The molecule has 6 nitrogen and oxygen atoms in total. The Balaban J connectivity index is 1.36. The molecule has 0 N–H and O–H groups in total. The van der Waals surface area contributed by atoms with E-state index in [1.54, 1.807) is 47.7 Å². The van der Waals surface area contributed by atoms with Crippen LogP contribution in [0, 0.1) is 0 Å². The van der Waals surface area contributed by atoms with E-state index in [9.17, 15) is 9.59 Å². The first-order chi connectivity index (χ1) is 18.1. The van der Waals surface area contributed by atoms with Crippen molar-refractivity contribution >= 4 is 79.9 Å². The van der Waals surface area contributed by atoms with Crippen molar-refractivity contribution in [2.24, 2.45) is 0 Å². The maximum Gasteiger partial charge on any atom is 0.270 e. The summed E-state index contributed by atoms with van der Waals surface area (Å²) < 4.78 is 7.91. The Bertz CT molecular complexity index is 1580. The molecule has 1 saturated heterocycles. The summed E-state index contributed by atoms with van der Waals surface area (Å²) in [5.41, 5.74) is 2.03. The number of hydrogen-bond acceptors (Lipinski definition) is 7. The van der Waals surface area contributed by atoms with Crippen molar-refractivity contribution < 1.29 is 14.0 Å². The Morgan fingerprint density at radius 1 is 0.784 bits per heavy atom. The summed E-state index contributed by atoms with van der Waals surface area (Å²) in [6, 6.07) is 29.5. The zero-order chi connectivity index (χ0) is 25.4. The molecule has 5 aromatic rings. The molecule has 37 heavy (non-hydrogen) atoms. The zero-order valence-corrected chi connectivity index (χ0v) is 21.6. The van der Waals surface area contributed by atoms with Crippen LogP contribution in [-0.4, -0.2) is 21.9 Å². The fraction of sp³-hybridized carbons (Fsp3) is 0. The van der Waals surface area contributed by atoms with Gasteiger partial charge in [0.2, 0.25) is 0 Å². The number of hydrogen-bond donors (Lipinski definition) is 0. The number of thiazole rings is 1. The molecule has 2 aromatic heterocycles. The van der Waals surface area contributed by atoms with Gasteiger partial charge in [0.25, 0.3) is 11.8 Å². The van der Waals surface area contributed by atoms with E-state index in [0.29, 0.717) is 22.2 Å². The Kier molecular flexibility index (Phi) is 6.17. The number of thiocarbonyl (C=S) groups is 1. The predicted octanol–water partition coefficient (Wildman–Crippen LogP) is 6.79. The number of para-hydroxylation sites is 3. The van der Waals surface area contributed by atoms with Crippen LogP contribution < -0.4 is 9.80 Å². The van der Waals surface area contributed by atoms with Crippen molar-refractivity contribution in [2.75, 3.05) is 9.80 Å². The highest BCUT2D eigenvalue weighted by molar-refractivity contribution is 8.01. The van der Waals surface area contributed by atoms with Crippen LogP contribution in [0.4, 0.5) is 11.4 Å². The molecular formula is C28H17N3O3S3. The Hall–Kier alpha value is -4.05. The minimum Gasteiger partial charge on any atom is -0.450 e. The highest BCUT2D eigenvalue weighted by Gasteiger charge is 2.41. The first-order valence-electron chi connectivity index (χ1n) is 11.3. The molecule has 0 unspecified atom stereocenters. The van der Waals surface area contributed by atoms with Gasteiger partial charge < -0.3 is 4.42 Å². The Morgan fingerprint density at radius 2 is 1.38 bits per heavy atom. The van der Waals surface area contributed by atoms with Gasteiger partial charge in [-0.2, -0.15) is 0 Å². The first kappa shape index (κ1) is 23.4. The van der Waals surface area contributed by atoms with E-state index in [4.69, 9.17) is 16.6 Å². The summed E-state index contributed by atoms with van der Waals surface area (Å²) in [5, 5.41) is 0.702. The third kappa shape index (κ3) is 4.48. The summed E-state index contributed by atoms with van der Waals surface area (Å²) in [6.07, 6.45) is 1.47. The largest absolute Gasteiger partial charge is 0.450 e. The lowest BCUT2D eigenvalue weighted by Crippen LogP contribution is -2.56. The highest BCUT2D eigenvalue weighted by Crippen LogP contribution is 2.36. The number of fused-ring (bicyclic) bond motifs is 1. The smallest absolute Gasteiger partial charge is 0.270 e. The average molecular weight is 540 g/mol. The minimum absolute atomic E-state index is 0.0489. The van der Waals surface area contributed by atoms with E-state index in [-0.39, 0.29) is 10.7 Å². The quantitative estimate of drug-likeness (QED) is 0.139. The van der Waals surface area contributed by atoms with Gasteiger partial charge in [-0.1, -0.05) is 48.5 Å².